The fourth-order valence-electron chi connectivity index (χ4n) is 4.02. The zero-order valence-electron chi connectivity index (χ0n) is 10.9. The molecule has 0 N–H and O–H groups in total. The van der Waals surface area contributed by atoms with Crippen molar-refractivity contribution in [2.45, 2.75) is 54.9 Å². The van der Waals surface area contributed by atoms with Gasteiger partial charge in [0.15, 0.2) is 0 Å². The van der Waals surface area contributed by atoms with Crippen molar-refractivity contribution in [1.82, 2.24) is 0 Å². The van der Waals surface area contributed by atoms with E-state index < -0.39 is 0 Å². The van der Waals surface area contributed by atoms with Crippen molar-refractivity contribution >= 4 is 0 Å². The molecule has 0 saturated carbocycles. The highest BCUT2D eigenvalue weighted by molar-refractivity contribution is 5.16. The van der Waals surface area contributed by atoms with Gasteiger partial charge in [0.05, 0.1) is 0 Å². The summed E-state index contributed by atoms with van der Waals surface area (Å²) in [6.45, 7) is 16.6. The van der Waals surface area contributed by atoms with Crippen LogP contribution in [0.25, 0.3) is 0 Å². The van der Waals surface area contributed by atoms with Gasteiger partial charge in [0.25, 0.3) is 0 Å². The molecule has 2 atom stereocenters. The van der Waals surface area contributed by atoms with Crippen molar-refractivity contribution in [2.24, 2.45) is 22.7 Å². The molecule has 0 amide bonds. The lowest BCUT2D eigenvalue weighted by atomic mass is 9.57. The summed E-state index contributed by atoms with van der Waals surface area (Å²) in [6.07, 6.45) is 3.80. The zero-order chi connectivity index (χ0) is 11.1. The quantitative estimate of drug-likeness (QED) is 0.492. The third-order valence-electron chi connectivity index (χ3n) is 3.50. The Bertz CT molecular complexity index is 237. The smallest absolute Gasteiger partial charge is 0.0106 e. The van der Waals surface area contributed by atoms with E-state index in [9.17, 15) is 0 Å². The van der Waals surface area contributed by atoms with Gasteiger partial charge >= 0.3 is 0 Å². The lowest BCUT2D eigenvalue weighted by molar-refractivity contribution is 0.0882. The molecule has 1 aliphatic rings. The van der Waals surface area contributed by atoms with Crippen LogP contribution >= 0.6 is 0 Å². The highest BCUT2D eigenvalue weighted by Gasteiger charge is 2.41. The number of allylic oxidation sites excluding steroid dienone is 2. The SMILES string of the molecule is CC1=CC(C)CC(C)(C)C1C(C)(C)C. The molecule has 0 heterocycles. The Labute approximate surface area is 89.8 Å². The normalized spacial score (nSPS) is 32.6. The van der Waals surface area contributed by atoms with E-state index in [0.29, 0.717) is 10.8 Å². The second kappa shape index (κ2) is 3.40. The molecule has 0 aromatic rings. The second-order valence-electron chi connectivity index (χ2n) is 6.88. The summed E-state index contributed by atoms with van der Waals surface area (Å²) in [5, 5.41) is 0. The zero-order valence-corrected chi connectivity index (χ0v) is 10.9. The summed E-state index contributed by atoms with van der Waals surface area (Å²) < 4.78 is 0. The van der Waals surface area contributed by atoms with E-state index in [-0.39, 0.29) is 0 Å². The summed E-state index contributed by atoms with van der Waals surface area (Å²) in [6, 6.07) is 0. The Morgan fingerprint density at radius 1 is 1.29 bits per heavy atom. The highest BCUT2D eigenvalue weighted by atomic mass is 14.5. The predicted molar refractivity (Wildman–Crippen MR) is 64.3 cm³/mol. The summed E-state index contributed by atoms with van der Waals surface area (Å²) >= 11 is 0. The second-order valence-corrected chi connectivity index (χ2v) is 6.88. The van der Waals surface area contributed by atoms with Crippen LogP contribution in [0.2, 0.25) is 0 Å². The minimum atomic E-state index is 0.393. The van der Waals surface area contributed by atoms with Crippen LogP contribution in [0.1, 0.15) is 54.9 Å². The van der Waals surface area contributed by atoms with Gasteiger partial charge in [0.1, 0.15) is 0 Å². The predicted octanol–water partition coefficient (Wildman–Crippen LogP) is 4.66. The molecule has 0 radical (unpaired) electrons. The average Bonchev–Trinajstić information content (AvgIpc) is 1.75. The van der Waals surface area contributed by atoms with Crippen molar-refractivity contribution in [3.63, 3.8) is 0 Å². The lowest BCUT2D eigenvalue weighted by Gasteiger charge is -2.47. The van der Waals surface area contributed by atoms with Crippen molar-refractivity contribution in [1.29, 1.82) is 0 Å². The standard InChI is InChI=1S/C14H26/c1-10-8-11(2)12(13(3,4)5)14(6,7)9-10/h8,10,12H,9H2,1-7H3. The first-order valence-corrected chi connectivity index (χ1v) is 5.83. The van der Waals surface area contributed by atoms with Crippen LogP contribution < -0.4 is 0 Å². The van der Waals surface area contributed by atoms with Crippen LogP contribution in [0.15, 0.2) is 11.6 Å². The molecule has 0 bridgehead atoms. The summed E-state index contributed by atoms with van der Waals surface area (Å²) in [5.41, 5.74) is 2.45. The summed E-state index contributed by atoms with van der Waals surface area (Å²) in [4.78, 5) is 0. The minimum Gasteiger partial charge on any atom is -0.0824 e. The Kier molecular flexibility index (Phi) is 2.87. The van der Waals surface area contributed by atoms with E-state index in [1.807, 2.05) is 0 Å². The lowest BCUT2D eigenvalue weighted by Crippen LogP contribution is -2.39. The molecule has 1 rings (SSSR count). The van der Waals surface area contributed by atoms with Gasteiger partial charge in [-0.2, -0.15) is 0 Å². The molecule has 14 heavy (non-hydrogen) atoms. The molecular weight excluding hydrogens is 168 g/mol. The largest absolute Gasteiger partial charge is 0.0824 e. The van der Waals surface area contributed by atoms with Gasteiger partial charge < -0.3 is 0 Å². The van der Waals surface area contributed by atoms with Gasteiger partial charge in [-0.25, -0.2) is 0 Å². The van der Waals surface area contributed by atoms with Crippen LogP contribution in [0.4, 0.5) is 0 Å². The molecule has 0 aromatic heterocycles. The first kappa shape index (κ1) is 11.8. The van der Waals surface area contributed by atoms with E-state index in [4.69, 9.17) is 0 Å². The maximum atomic E-state index is 2.47. The van der Waals surface area contributed by atoms with Crippen molar-refractivity contribution in [3.05, 3.63) is 11.6 Å². The van der Waals surface area contributed by atoms with Crippen LogP contribution in [0.5, 0.6) is 0 Å². The number of hydrogen-bond donors (Lipinski definition) is 0. The Morgan fingerprint density at radius 3 is 2.14 bits per heavy atom. The molecule has 0 fully saturated rings. The van der Waals surface area contributed by atoms with Gasteiger partial charge in [-0.1, -0.05) is 53.2 Å². The molecule has 1 aliphatic carbocycles. The van der Waals surface area contributed by atoms with E-state index >= 15 is 0 Å². The first-order chi connectivity index (χ1) is 6.14. The number of rotatable bonds is 0. The van der Waals surface area contributed by atoms with Crippen LogP contribution in [-0.4, -0.2) is 0 Å². The molecule has 0 heteroatoms. The van der Waals surface area contributed by atoms with E-state index in [0.717, 1.165) is 11.8 Å². The first-order valence-electron chi connectivity index (χ1n) is 5.83. The van der Waals surface area contributed by atoms with Gasteiger partial charge in [0.2, 0.25) is 0 Å². The highest BCUT2D eigenvalue weighted by Crippen LogP contribution is 2.50. The molecule has 82 valence electrons. The molecule has 0 aliphatic heterocycles. The molecule has 0 aromatic carbocycles. The van der Waals surface area contributed by atoms with Crippen molar-refractivity contribution in [3.8, 4) is 0 Å². The molecular formula is C14H26. The summed E-state index contributed by atoms with van der Waals surface area (Å²) in [7, 11) is 0. The van der Waals surface area contributed by atoms with Crippen LogP contribution in [0, 0.1) is 22.7 Å². The topological polar surface area (TPSA) is 0 Å². The maximum absolute atomic E-state index is 2.47. The monoisotopic (exact) mass is 194 g/mol. The Balaban J connectivity index is 3.08. The van der Waals surface area contributed by atoms with Crippen molar-refractivity contribution in [2.75, 3.05) is 0 Å². The summed E-state index contributed by atoms with van der Waals surface area (Å²) in [5.74, 6) is 1.48. The molecule has 0 spiro atoms. The third kappa shape index (κ3) is 2.21. The van der Waals surface area contributed by atoms with Crippen LogP contribution in [-0.2, 0) is 0 Å². The van der Waals surface area contributed by atoms with Gasteiger partial charge in [-0.05, 0) is 36.0 Å². The molecule has 0 nitrogen and oxygen atoms in total. The Hall–Kier alpha value is -0.260. The Morgan fingerprint density at radius 2 is 1.79 bits per heavy atom. The van der Waals surface area contributed by atoms with Gasteiger partial charge in [-0.3, -0.25) is 0 Å². The van der Waals surface area contributed by atoms with E-state index in [2.05, 4.69) is 54.5 Å². The molecule has 2 unspecified atom stereocenters. The number of hydrogen-bond acceptors (Lipinski definition) is 0. The maximum Gasteiger partial charge on any atom is -0.0106 e. The minimum absolute atomic E-state index is 0.393. The van der Waals surface area contributed by atoms with E-state index in [1.54, 1.807) is 5.57 Å². The third-order valence-corrected chi connectivity index (χ3v) is 3.50. The van der Waals surface area contributed by atoms with Crippen LogP contribution in [0.3, 0.4) is 0 Å². The molecule has 0 saturated heterocycles. The average molecular weight is 194 g/mol. The fraction of sp³-hybridized carbons (Fsp3) is 0.857. The van der Waals surface area contributed by atoms with Gasteiger partial charge in [-0.15, -0.1) is 0 Å². The van der Waals surface area contributed by atoms with E-state index in [1.165, 1.54) is 6.42 Å². The van der Waals surface area contributed by atoms with Gasteiger partial charge in [0, 0.05) is 0 Å². The van der Waals surface area contributed by atoms with Crippen molar-refractivity contribution < 1.29 is 0 Å². The fourth-order valence-corrected chi connectivity index (χ4v) is 4.02.